The first-order valence-electron chi connectivity index (χ1n) is 9.44. The number of anilines is 2. The molecule has 154 valence electrons. The van der Waals surface area contributed by atoms with Crippen molar-refractivity contribution in [3.05, 3.63) is 58.3 Å². The van der Waals surface area contributed by atoms with Crippen LogP contribution in [0, 0.1) is 0 Å². The molecule has 30 heavy (non-hydrogen) atoms. The summed E-state index contributed by atoms with van der Waals surface area (Å²) < 4.78 is 0. The molecule has 1 aliphatic heterocycles. The minimum absolute atomic E-state index is 0.0104. The molecular weight excluding hydrogens is 425 g/mol. The number of amides is 2. The summed E-state index contributed by atoms with van der Waals surface area (Å²) in [5, 5.41) is 4.67. The Bertz CT molecular complexity index is 1110. The van der Waals surface area contributed by atoms with E-state index in [4.69, 9.17) is 23.2 Å². The van der Waals surface area contributed by atoms with Crippen molar-refractivity contribution in [2.24, 2.45) is 0 Å². The first kappa shape index (κ1) is 20.4. The first-order chi connectivity index (χ1) is 14.4. The zero-order valence-corrected chi connectivity index (χ0v) is 17.7. The van der Waals surface area contributed by atoms with E-state index in [9.17, 15) is 9.59 Å². The predicted octanol–water partition coefficient (Wildman–Crippen LogP) is 4.49. The van der Waals surface area contributed by atoms with Gasteiger partial charge in [0.2, 0.25) is 0 Å². The fraction of sp³-hybridized carbons (Fsp3) is 0.238. The van der Waals surface area contributed by atoms with Crippen LogP contribution in [-0.2, 0) is 0 Å². The number of nitrogens with zero attached hydrogens (tertiary/aromatic N) is 4. The monoisotopic (exact) mass is 443 g/mol. The van der Waals surface area contributed by atoms with Crippen LogP contribution in [0.15, 0.2) is 42.7 Å². The number of urea groups is 1. The number of ketones is 1. The van der Waals surface area contributed by atoms with Gasteiger partial charge in [-0.15, -0.1) is 0 Å². The highest BCUT2D eigenvalue weighted by Crippen LogP contribution is 2.31. The van der Waals surface area contributed by atoms with Crippen LogP contribution in [0.1, 0.15) is 17.3 Å². The Morgan fingerprint density at radius 3 is 2.37 bits per heavy atom. The molecule has 0 bridgehead atoms. The molecule has 0 unspecified atom stereocenters. The number of aromatic nitrogens is 2. The van der Waals surface area contributed by atoms with Crippen molar-refractivity contribution in [2.75, 3.05) is 36.4 Å². The van der Waals surface area contributed by atoms with Gasteiger partial charge in [-0.25, -0.2) is 14.8 Å². The fourth-order valence-corrected chi connectivity index (χ4v) is 3.98. The molecule has 1 saturated heterocycles. The molecule has 0 atom stereocenters. The molecule has 0 radical (unpaired) electrons. The number of nitrogens with one attached hydrogen (secondary N) is 1. The van der Waals surface area contributed by atoms with Crippen LogP contribution in [0.4, 0.5) is 16.3 Å². The molecule has 7 nitrogen and oxygen atoms in total. The van der Waals surface area contributed by atoms with E-state index in [-0.39, 0.29) is 11.8 Å². The summed E-state index contributed by atoms with van der Waals surface area (Å²) in [7, 11) is 0. The van der Waals surface area contributed by atoms with E-state index >= 15 is 0 Å². The van der Waals surface area contributed by atoms with Crippen LogP contribution in [0.25, 0.3) is 10.9 Å². The second kappa shape index (κ2) is 8.45. The van der Waals surface area contributed by atoms with Gasteiger partial charge in [-0.3, -0.25) is 4.79 Å². The van der Waals surface area contributed by atoms with Crippen LogP contribution in [0.2, 0.25) is 10.0 Å². The third-order valence-corrected chi connectivity index (χ3v) is 5.55. The Hall–Kier alpha value is -2.90. The standard InChI is InChI=1S/C21H19Cl2N5O2/c1-13(29)14-2-4-16(5-3-14)26-21(30)28-8-6-27(7-9-28)20-17-10-15(22)11-18(23)19(17)24-12-25-20/h2-5,10-12H,6-9H2,1H3,(H,26,30). The van der Waals surface area contributed by atoms with Crippen molar-refractivity contribution in [1.29, 1.82) is 0 Å². The number of fused-ring (bicyclic) bond motifs is 1. The lowest BCUT2D eigenvalue weighted by atomic mass is 10.1. The summed E-state index contributed by atoms with van der Waals surface area (Å²) >= 11 is 12.4. The average Bonchev–Trinajstić information content (AvgIpc) is 2.74. The number of hydrogen-bond acceptors (Lipinski definition) is 5. The second-order valence-corrected chi connectivity index (χ2v) is 7.86. The van der Waals surface area contributed by atoms with Gasteiger partial charge in [0.1, 0.15) is 12.1 Å². The molecule has 1 N–H and O–H groups in total. The fourth-order valence-electron chi connectivity index (χ4n) is 3.44. The van der Waals surface area contributed by atoms with Gasteiger partial charge in [0.05, 0.1) is 10.5 Å². The molecule has 4 rings (SSSR count). The Morgan fingerprint density at radius 1 is 1.00 bits per heavy atom. The van der Waals surface area contributed by atoms with Crippen LogP contribution in [0.5, 0.6) is 0 Å². The Balaban J connectivity index is 1.43. The number of Topliss-reactive ketones (excluding diaryl/α,β-unsaturated/α-hetero) is 1. The van der Waals surface area contributed by atoms with Crippen LogP contribution < -0.4 is 10.2 Å². The summed E-state index contributed by atoms with van der Waals surface area (Å²) in [4.78, 5) is 36.5. The number of benzene rings is 2. The number of carbonyl (C=O) groups is 2. The summed E-state index contributed by atoms with van der Waals surface area (Å²) in [6.45, 7) is 3.82. The van der Waals surface area contributed by atoms with Crippen molar-refractivity contribution >= 4 is 57.4 Å². The van der Waals surface area contributed by atoms with Crippen molar-refractivity contribution < 1.29 is 9.59 Å². The quantitative estimate of drug-likeness (QED) is 0.603. The lowest BCUT2D eigenvalue weighted by Gasteiger charge is -2.35. The topological polar surface area (TPSA) is 78.4 Å². The average molecular weight is 444 g/mol. The summed E-state index contributed by atoms with van der Waals surface area (Å²) in [5.74, 6) is 0.744. The molecule has 2 aromatic carbocycles. The largest absolute Gasteiger partial charge is 0.352 e. The highest BCUT2D eigenvalue weighted by Gasteiger charge is 2.23. The van der Waals surface area contributed by atoms with Crippen LogP contribution >= 0.6 is 23.2 Å². The van der Waals surface area contributed by atoms with Crippen LogP contribution in [0.3, 0.4) is 0 Å². The molecule has 0 aliphatic carbocycles. The minimum atomic E-state index is -0.177. The number of hydrogen-bond donors (Lipinski definition) is 1. The molecular formula is C21H19Cl2N5O2. The van der Waals surface area contributed by atoms with E-state index in [0.717, 1.165) is 11.2 Å². The molecule has 1 aromatic heterocycles. The van der Waals surface area contributed by atoms with E-state index in [1.54, 1.807) is 35.2 Å². The van der Waals surface area contributed by atoms with E-state index < -0.39 is 0 Å². The van der Waals surface area contributed by atoms with Gasteiger partial charge in [-0.05, 0) is 43.3 Å². The smallest absolute Gasteiger partial charge is 0.321 e. The molecule has 2 heterocycles. The van der Waals surface area contributed by atoms with E-state index in [1.807, 2.05) is 6.07 Å². The summed E-state index contributed by atoms with van der Waals surface area (Å²) in [6.07, 6.45) is 1.49. The highest BCUT2D eigenvalue weighted by atomic mass is 35.5. The van der Waals surface area contributed by atoms with Gasteiger partial charge >= 0.3 is 6.03 Å². The molecule has 1 fully saturated rings. The normalized spacial score (nSPS) is 14.1. The molecule has 3 aromatic rings. The number of carbonyl (C=O) groups excluding carboxylic acids is 2. The van der Waals surface area contributed by atoms with Gasteiger partial charge in [0, 0.05) is 47.8 Å². The Labute approximate surface area is 183 Å². The lowest BCUT2D eigenvalue weighted by Crippen LogP contribution is -2.50. The highest BCUT2D eigenvalue weighted by molar-refractivity contribution is 6.38. The summed E-state index contributed by atoms with van der Waals surface area (Å²) in [6, 6.07) is 10.1. The SMILES string of the molecule is CC(=O)c1ccc(NC(=O)N2CCN(c3ncnc4c(Cl)cc(Cl)cc34)CC2)cc1. The van der Waals surface area contributed by atoms with Gasteiger partial charge in [-0.2, -0.15) is 0 Å². The Kier molecular flexibility index (Phi) is 5.74. The molecule has 0 spiro atoms. The van der Waals surface area contributed by atoms with Crippen molar-refractivity contribution in [3.63, 3.8) is 0 Å². The Morgan fingerprint density at radius 2 is 1.70 bits per heavy atom. The maximum absolute atomic E-state index is 12.6. The number of rotatable bonds is 3. The molecule has 9 heteroatoms. The third kappa shape index (κ3) is 4.17. The first-order valence-corrected chi connectivity index (χ1v) is 10.2. The van der Waals surface area contributed by atoms with Gasteiger partial charge in [-0.1, -0.05) is 23.2 Å². The molecule has 1 aliphatic rings. The zero-order valence-electron chi connectivity index (χ0n) is 16.2. The number of piperazine rings is 1. The van der Waals surface area contributed by atoms with Gasteiger partial charge in [0.15, 0.2) is 5.78 Å². The van der Waals surface area contributed by atoms with E-state index in [1.165, 1.54) is 13.3 Å². The minimum Gasteiger partial charge on any atom is -0.352 e. The van der Waals surface area contributed by atoms with Gasteiger partial charge in [0.25, 0.3) is 0 Å². The maximum atomic E-state index is 12.6. The second-order valence-electron chi connectivity index (χ2n) is 7.02. The maximum Gasteiger partial charge on any atom is 0.321 e. The van der Waals surface area contributed by atoms with Crippen LogP contribution in [-0.4, -0.2) is 52.9 Å². The lowest BCUT2D eigenvalue weighted by molar-refractivity contribution is 0.101. The molecule has 0 saturated carbocycles. The van der Waals surface area contributed by atoms with Crippen molar-refractivity contribution in [3.8, 4) is 0 Å². The van der Waals surface area contributed by atoms with Crippen molar-refractivity contribution in [2.45, 2.75) is 6.92 Å². The predicted molar refractivity (Wildman–Crippen MR) is 119 cm³/mol. The van der Waals surface area contributed by atoms with Gasteiger partial charge < -0.3 is 15.1 Å². The van der Waals surface area contributed by atoms with E-state index in [0.29, 0.717) is 53.0 Å². The summed E-state index contributed by atoms with van der Waals surface area (Å²) in [5.41, 5.74) is 1.91. The van der Waals surface area contributed by atoms with Crippen molar-refractivity contribution in [1.82, 2.24) is 14.9 Å². The third-order valence-electron chi connectivity index (χ3n) is 5.05. The van der Waals surface area contributed by atoms with E-state index in [2.05, 4.69) is 20.2 Å². The number of halogens is 2. The zero-order chi connectivity index (χ0) is 21.3. The molecule has 2 amide bonds.